The molecule has 0 radical (unpaired) electrons. The van der Waals surface area contributed by atoms with E-state index in [0.717, 1.165) is 45.8 Å². The predicted molar refractivity (Wildman–Crippen MR) is 90.0 cm³/mol. The number of carbonyl (C=O) groups excluding carboxylic acids is 1. The van der Waals surface area contributed by atoms with Crippen LogP contribution in [0.15, 0.2) is 12.4 Å². The summed E-state index contributed by atoms with van der Waals surface area (Å²) in [5, 5.41) is 4.21. The Hall–Kier alpha value is -1.40. The number of hydrogen-bond donors (Lipinski definition) is 0. The fraction of sp³-hybridized carbons (Fsp3) is 0.765. The summed E-state index contributed by atoms with van der Waals surface area (Å²) in [7, 11) is 1.94. The molecule has 0 N–H and O–H groups in total. The number of carbonyl (C=O) groups is 1. The molecular weight excluding hydrogens is 292 g/mol. The van der Waals surface area contributed by atoms with E-state index in [-0.39, 0.29) is 5.91 Å². The van der Waals surface area contributed by atoms with Gasteiger partial charge in [-0.15, -0.1) is 0 Å². The Kier molecular flexibility index (Phi) is 7.05. The molecule has 1 aliphatic rings. The van der Waals surface area contributed by atoms with Crippen molar-refractivity contribution in [3.8, 4) is 0 Å². The molecule has 0 spiro atoms. The molecule has 1 saturated heterocycles. The van der Waals surface area contributed by atoms with Crippen molar-refractivity contribution >= 4 is 5.91 Å². The average Bonchev–Trinajstić information content (AvgIpc) is 2.77. The lowest BCUT2D eigenvalue weighted by atomic mass is 10.2. The first-order chi connectivity index (χ1) is 11.0. The van der Waals surface area contributed by atoms with E-state index in [0.29, 0.717) is 18.9 Å². The molecule has 1 aromatic rings. The minimum Gasteiger partial charge on any atom is -0.381 e. The molecule has 0 unspecified atom stereocenters. The molecule has 6 nitrogen and oxygen atoms in total. The van der Waals surface area contributed by atoms with Crippen molar-refractivity contribution in [3.63, 3.8) is 0 Å². The van der Waals surface area contributed by atoms with Gasteiger partial charge in [-0.25, -0.2) is 0 Å². The molecule has 1 aromatic heterocycles. The molecule has 2 heterocycles. The average molecular weight is 322 g/mol. The normalized spacial score (nSPS) is 16.8. The molecule has 2 rings (SSSR count). The molecule has 1 fully saturated rings. The van der Waals surface area contributed by atoms with Crippen LogP contribution in [0.25, 0.3) is 0 Å². The largest absolute Gasteiger partial charge is 0.381 e. The van der Waals surface area contributed by atoms with E-state index in [1.54, 1.807) is 0 Å². The molecule has 0 atom stereocenters. The Balaban J connectivity index is 1.71. The molecule has 1 amide bonds. The zero-order valence-electron chi connectivity index (χ0n) is 14.7. The van der Waals surface area contributed by atoms with E-state index in [4.69, 9.17) is 4.74 Å². The Morgan fingerprint density at radius 1 is 1.30 bits per heavy atom. The predicted octanol–water partition coefficient (Wildman–Crippen LogP) is 1.52. The number of nitrogens with zero attached hydrogens (tertiary/aromatic N) is 4. The fourth-order valence-corrected chi connectivity index (χ4v) is 2.83. The van der Waals surface area contributed by atoms with Gasteiger partial charge in [-0.05, 0) is 12.3 Å². The molecule has 1 aliphatic heterocycles. The minimum absolute atomic E-state index is 0.219. The number of aryl methyl sites for hydroxylation is 1. The van der Waals surface area contributed by atoms with Crippen molar-refractivity contribution in [3.05, 3.63) is 18.0 Å². The summed E-state index contributed by atoms with van der Waals surface area (Å²) in [4.78, 5) is 16.7. The van der Waals surface area contributed by atoms with Crippen LogP contribution < -0.4 is 0 Å². The molecular formula is C17H30N4O2. The summed E-state index contributed by atoms with van der Waals surface area (Å²) < 4.78 is 7.36. The van der Waals surface area contributed by atoms with Gasteiger partial charge in [0.25, 0.3) is 0 Å². The van der Waals surface area contributed by atoms with Gasteiger partial charge in [0.1, 0.15) is 0 Å². The Morgan fingerprint density at radius 3 is 2.83 bits per heavy atom. The van der Waals surface area contributed by atoms with Gasteiger partial charge in [0.15, 0.2) is 0 Å². The second kappa shape index (κ2) is 9.03. The maximum absolute atomic E-state index is 12.3. The van der Waals surface area contributed by atoms with Crippen LogP contribution in [0, 0.1) is 5.92 Å². The van der Waals surface area contributed by atoms with Crippen LogP contribution in [0.2, 0.25) is 0 Å². The van der Waals surface area contributed by atoms with Crippen LogP contribution in [0.4, 0.5) is 0 Å². The quantitative estimate of drug-likeness (QED) is 0.714. The number of hydrogen-bond acceptors (Lipinski definition) is 4. The van der Waals surface area contributed by atoms with Gasteiger partial charge in [0, 0.05) is 58.1 Å². The maximum atomic E-state index is 12.3. The van der Waals surface area contributed by atoms with Gasteiger partial charge in [0.05, 0.1) is 19.2 Å². The third-order valence-corrected chi connectivity index (χ3v) is 4.02. The van der Waals surface area contributed by atoms with Gasteiger partial charge in [-0.2, -0.15) is 5.10 Å². The second-order valence-electron chi connectivity index (χ2n) is 6.75. The summed E-state index contributed by atoms with van der Waals surface area (Å²) in [5.74, 6) is 0.737. The van der Waals surface area contributed by atoms with E-state index < -0.39 is 0 Å². The van der Waals surface area contributed by atoms with E-state index in [9.17, 15) is 4.79 Å². The monoisotopic (exact) mass is 322 g/mol. The molecule has 0 saturated carbocycles. The van der Waals surface area contributed by atoms with E-state index >= 15 is 0 Å². The molecule has 23 heavy (non-hydrogen) atoms. The van der Waals surface area contributed by atoms with E-state index in [1.165, 1.54) is 5.56 Å². The van der Waals surface area contributed by atoms with Crippen molar-refractivity contribution in [1.29, 1.82) is 0 Å². The standard InChI is InChI=1S/C17H30N4O2/c1-15(2)14-23-10-5-17(22)21-7-4-6-20(8-9-21)13-16-11-18-19(3)12-16/h11-12,15H,4-10,13-14H2,1-3H3. The van der Waals surface area contributed by atoms with Gasteiger partial charge in [-0.3, -0.25) is 14.4 Å². The van der Waals surface area contributed by atoms with Gasteiger partial charge in [-0.1, -0.05) is 13.8 Å². The Morgan fingerprint density at radius 2 is 2.13 bits per heavy atom. The summed E-state index contributed by atoms with van der Waals surface area (Å²) in [5.41, 5.74) is 1.23. The summed E-state index contributed by atoms with van der Waals surface area (Å²) in [6, 6.07) is 0. The topological polar surface area (TPSA) is 50.6 Å². The van der Waals surface area contributed by atoms with Crippen LogP contribution in [-0.4, -0.2) is 64.9 Å². The zero-order valence-corrected chi connectivity index (χ0v) is 14.7. The highest BCUT2D eigenvalue weighted by Gasteiger charge is 2.19. The van der Waals surface area contributed by atoms with E-state index in [2.05, 4.69) is 30.0 Å². The van der Waals surface area contributed by atoms with E-state index in [1.807, 2.05) is 22.8 Å². The van der Waals surface area contributed by atoms with Crippen molar-refractivity contribution in [1.82, 2.24) is 19.6 Å². The zero-order chi connectivity index (χ0) is 16.7. The molecule has 6 heteroatoms. The lowest BCUT2D eigenvalue weighted by molar-refractivity contribution is -0.132. The Bertz CT molecular complexity index is 487. The third kappa shape index (κ3) is 6.31. The maximum Gasteiger partial charge on any atom is 0.224 e. The van der Waals surface area contributed by atoms with Gasteiger partial charge in [0.2, 0.25) is 5.91 Å². The summed E-state index contributed by atoms with van der Waals surface area (Å²) in [6.45, 7) is 10.0. The van der Waals surface area contributed by atoms with Crippen LogP contribution in [-0.2, 0) is 23.1 Å². The second-order valence-corrected chi connectivity index (χ2v) is 6.75. The van der Waals surface area contributed by atoms with Crippen LogP contribution >= 0.6 is 0 Å². The fourth-order valence-electron chi connectivity index (χ4n) is 2.83. The number of amides is 1. The van der Waals surface area contributed by atoms with Crippen molar-refractivity contribution < 1.29 is 9.53 Å². The first-order valence-corrected chi connectivity index (χ1v) is 8.60. The molecule has 0 aromatic carbocycles. The number of aromatic nitrogens is 2. The number of rotatable bonds is 7. The smallest absolute Gasteiger partial charge is 0.224 e. The third-order valence-electron chi connectivity index (χ3n) is 4.02. The minimum atomic E-state index is 0.219. The lowest BCUT2D eigenvalue weighted by Gasteiger charge is -2.21. The molecule has 0 aliphatic carbocycles. The van der Waals surface area contributed by atoms with Crippen molar-refractivity contribution in [2.45, 2.75) is 33.2 Å². The van der Waals surface area contributed by atoms with Gasteiger partial charge >= 0.3 is 0 Å². The first-order valence-electron chi connectivity index (χ1n) is 8.60. The Labute approximate surface area is 139 Å². The highest BCUT2D eigenvalue weighted by molar-refractivity contribution is 5.76. The van der Waals surface area contributed by atoms with Gasteiger partial charge < -0.3 is 9.64 Å². The summed E-state index contributed by atoms with van der Waals surface area (Å²) in [6.07, 6.45) is 5.49. The van der Waals surface area contributed by atoms with Crippen LogP contribution in [0.5, 0.6) is 0 Å². The SMILES string of the molecule is CC(C)COCCC(=O)N1CCCN(Cc2cnn(C)c2)CC1. The highest BCUT2D eigenvalue weighted by Crippen LogP contribution is 2.09. The number of ether oxygens (including phenoxy) is 1. The highest BCUT2D eigenvalue weighted by atomic mass is 16.5. The van der Waals surface area contributed by atoms with Crippen LogP contribution in [0.1, 0.15) is 32.3 Å². The first kappa shape index (κ1) is 17.9. The lowest BCUT2D eigenvalue weighted by Crippen LogP contribution is -2.35. The molecule has 0 bridgehead atoms. The van der Waals surface area contributed by atoms with Crippen LogP contribution in [0.3, 0.4) is 0 Å². The molecule has 130 valence electrons. The summed E-state index contributed by atoms with van der Waals surface area (Å²) >= 11 is 0. The van der Waals surface area contributed by atoms with Crippen molar-refractivity contribution in [2.24, 2.45) is 13.0 Å². The van der Waals surface area contributed by atoms with Crippen molar-refractivity contribution in [2.75, 3.05) is 39.4 Å².